The molecule has 3 rings (SSSR count). The summed E-state index contributed by atoms with van der Waals surface area (Å²) >= 11 is 0. The smallest absolute Gasteiger partial charge is 0.322 e. The zero-order valence-corrected chi connectivity index (χ0v) is 18.5. The molecule has 0 atom stereocenters. The first kappa shape index (κ1) is 22.7. The summed E-state index contributed by atoms with van der Waals surface area (Å²) in [5.41, 5.74) is 1.73. The second-order valence-electron chi connectivity index (χ2n) is 7.79. The summed E-state index contributed by atoms with van der Waals surface area (Å²) in [4.78, 5) is 29.6. The number of carbonyl (C=O) groups excluding carboxylic acids is 2. The van der Waals surface area contributed by atoms with Gasteiger partial charge in [-0.3, -0.25) is 4.79 Å². The molecule has 8 heteroatoms. The number of anilines is 1. The van der Waals surface area contributed by atoms with Crippen LogP contribution in [0.3, 0.4) is 0 Å². The van der Waals surface area contributed by atoms with Crippen LogP contribution in [0.1, 0.15) is 25.0 Å². The lowest BCUT2D eigenvalue weighted by Gasteiger charge is -2.28. The van der Waals surface area contributed by atoms with Gasteiger partial charge in [-0.2, -0.15) is 0 Å². The molecule has 8 nitrogen and oxygen atoms in total. The minimum absolute atomic E-state index is 0.0344. The number of benzene rings is 1. The van der Waals surface area contributed by atoms with Gasteiger partial charge >= 0.3 is 6.03 Å². The van der Waals surface area contributed by atoms with Crippen molar-refractivity contribution in [2.75, 3.05) is 39.2 Å². The Morgan fingerprint density at radius 1 is 1.16 bits per heavy atom. The Labute approximate surface area is 183 Å². The largest absolute Gasteiger partial charge is 0.497 e. The number of carbonyl (C=O) groups is 2. The molecule has 0 saturated heterocycles. The average Bonchev–Trinajstić information content (AvgIpc) is 3.53. The van der Waals surface area contributed by atoms with E-state index in [0.717, 1.165) is 18.5 Å². The van der Waals surface area contributed by atoms with E-state index in [1.807, 2.05) is 34.8 Å². The van der Waals surface area contributed by atoms with Crippen molar-refractivity contribution >= 4 is 17.6 Å². The Kier molecular flexibility index (Phi) is 7.94. The summed E-state index contributed by atoms with van der Waals surface area (Å²) < 4.78 is 12.3. The summed E-state index contributed by atoms with van der Waals surface area (Å²) in [5.74, 6) is 0.678. The number of aromatic nitrogens is 1. The normalized spacial score (nSPS) is 13.0. The third kappa shape index (κ3) is 6.49. The van der Waals surface area contributed by atoms with Crippen LogP contribution in [-0.2, 0) is 23.1 Å². The third-order valence-corrected chi connectivity index (χ3v) is 5.42. The van der Waals surface area contributed by atoms with E-state index in [1.54, 1.807) is 43.4 Å². The topological polar surface area (TPSA) is 76.0 Å². The maximum absolute atomic E-state index is 13.2. The van der Waals surface area contributed by atoms with Crippen molar-refractivity contribution in [3.8, 4) is 5.75 Å². The molecule has 0 unspecified atom stereocenters. The van der Waals surface area contributed by atoms with Crippen LogP contribution in [0.4, 0.5) is 10.5 Å². The average molecular weight is 429 g/mol. The molecule has 0 radical (unpaired) electrons. The highest BCUT2D eigenvalue weighted by Crippen LogP contribution is 2.28. The Hall–Kier alpha value is -3.00. The number of hydrogen-bond acceptors (Lipinski definition) is 4. The summed E-state index contributed by atoms with van der Waals surface area (Å²) in [6.07, 6.45) is 4.65. The molecule has 0 bridgehead atoms. The first-order valence-electron chi connectivity index (χ1n) is 10.6. The molecule has 1 fully saturated rings. The van der Waals surface area contributed by atoms with E-state index >= 15 is 0 Å². The Bertz CT molecular complexity index is 861. The predicted octanol–water partition coefficient (Wildman–Crippen LogP) is 3.10. The first-order valence-corrected chi connectivity index (χ1v) is 10.6. The molecular weight excluding hydrogens is 396 g/mol. The molecule has 1 aromatic heterocycles. The van der Waals surface area contributed by atoms with Gasteiger partial charge in [-0.15, -0.1) is 0 Å². The number of nitrogens with zero attached hydrogens (tertiary/aromatic N) is 3. The highest BCUT2D eigenvalue weighted by Gasteiger charge is 2.34. The van der Waals surface area contributed by atoms with E-state index in [9.17, 15) is 9.59 Å². The van der Waals surface area contributed by atoms with Crippen LogP contribution in [0.25, 0.3) is 0 Å². The number of ether oxygens (including phenoxy) is 2. The molecule has 1 aliphatic carbocycles. The van der Waals surface area contributed by atoms with Crippen LogP contribution in [0.15, 0.2) is 42.6 Å². The van der Waals surface area contributed by atoms with Gasteiger partial charge < -0.3 is 29.2 Å². The van der Waals surface area contributed by atoms with Gasteiger partial charge in [0.05, 0.1) is 13.7 Å². The van der Waals surface area contributed by atoms with E-state index in [1.165, 1.54) is 0 Å². The van der Waals surface area contributed by atoms with Crippen LogP contribution in [-0.4, -0.2) is 66.3 Å². The molecule has 0 aliphatic heterocycles. The highest BCUT2D eigenvalue weighted by molar-refractivity contribution is 5.92. The van der Waals surface area contributed by atoms with Gasteiger partial charge in [0.2, 0.25) is 5.91 Å². The third-order valence-electron chi connectivity index (χ3n) is 5.42. The van der Waals surface area contributed by atoms with Crippen molar-refractivity contribution in [3.05, 3.63) is 48.3 Å². The Morgan fingerprint density at radius 2 is 1.90 bits per heavy atom. The molecular formula is C23H32N4O4. The molecule has 1 saturated carbocycles. The molecule has 31 heavy (non-hydrogen) atoms. The van der Waals surface area contributed by atoms with Crippen molar-refractivity contribution in [2.24, 2.45) is 7.05 Å². The lowest BCUT2D eigenvalue weighted by Crippen LogP contribution is -2.45. The van der Waals surface area contributed by atoms with Crippen molar-refractivity contribution in [1.29, 1.82) is 0 Å². The van der Waals surface area contributed by atoms with Gasteiger partial charge in [0.25, 0.3) is 0 Å². The fraction of sp³-hybridized carbons (Fsp3) is 0.478. The molecule has 1 heterocycles. The van der Waals surface area contributed by atoms with Gasteiger partial charge in [0, 0.05) is 50.9 Å². The molecule has 0 spiro atoms. The van der Waals surface area contributed by atoms with Crippen molar-refractivity contribution in [2.45, 2.75) is 31.8 Å². The van der Waals surface area contributed by atoms with Gasteiger partial charge in [0.1, 0.15) is 12.3 Å². The fourth-order valence-corrected chi connectivity index (χ4v) is 3.43. The highest BCUT2D eigenvalue weighted by atomic mass is 16.5. The SMILES string of the molecule is COCCCN(CC(=O)N(Cc1cccn1C)C1CC1)C(=O)Nc1ccc(OC)cc1. The molecule has 1 N–H and O–H groups in total. The predicted molar refractivity (Wildman–Crippen MR) is 119 cm³/mol. The van der Waals surface area contributed by atoms with E-state index < -0.39 is 0 Å². The Morgan fingerprint density at radius 3 is 2.48 bits per heavy atom. The van der Waals surface area contributed by atoms with E-state index in [-0.39, 0.29) is 24.5 Å². The number of amides is 3. The molecule has 168 valence electrons. The number of urea groups is 1. The van der Waals surface area contributed by atoms with Crippen molar-refractivity contribution in [3.63, 3.8) is 0 Å². The molecule has 2 aromatic rings. The molecule has 3 amide bonds. The van der Waals surface area contributed by atoms with Gasteiger partial charge in [-0.25, -0.2) is 4.79 Å². The number of rotatable bonds is 11. The monoisotopic (exact) mass is 428 g/mol. The number of aryl methyl sites for hydroxylation is 1. The Balaban J connectivity index is 1.66. The van der Waals surface area contributed by atoms with Gasteiger partial charge in [0.15, 0.2) is 0 Å². The van der Waals surface area contributed by atoms with Crippen LogP contribution >= 0.6 is 0 Å². The summed E-state index contributed by atoms with van der Waals surface area (Å²) in [5, 5.41) is 2.88. The second kappa shape index (κ2) is 10.9. The van der Waals surface area contributed by atoms with Crippen LogP contribution in [0, 0.1) is 0 Å². The second-order valence-corrected chi connectivity index (χ2v) is 7.79. The fourth-order valence-electron chi connectivity index (χ4n) is 3.43. The number of nitrogens with one attached hydrogen (secondary N) is 1. The quantitative estimate of drug-likeness (QED) is 0.558. The standard InChI is InChI=1S/C23H32N4O4/c1-25-13-4-6-20(25)16-27(19-9-10-19)22(28)17-26(14-5-15-30-2)23(29)24-18-7-11-21(31-3)12-8-18/h4,6-8,11-13,19H,5,9-10,14-17H2,1-3H3,(H,24,29). The zero-order chi connectivity index (χ0) is 22.2. The van der Waals surface area contributed by atoms with E-state index in [4.69, 9.17) is 9.47 Å². The summed E-state index contributed by atoms with van der Waals surface area (Å²) in [6, 6.07) is 11.1. The van der Waals surface area contributed by atoms with Crippen LogP contribution < -0.4 is 10.1 Å². The van der Waals surface area contributed by atoms with E-state index in [0.29, 0.717) is 37.6 Å². The van der Waals surface area contributed by atoms with Crippen molar-refractivity contribution < 1.29 is 19.1 Å². The van der Waals surface area contributed by atoms with E-state index in [2.05, 4.69) is 5.32 Å². The molecule has 1 aromatic carbocycles. The van der Waals surface area contributed by atoms with Crippen LogP contribution in [0.2, 0.25) is 0 Å². The maximum atomic E-state index is 13.2. The maximum Gasteiger partial charge on any atom is 0.322 e. The minimum Gasteiger partial charge on any atom is -0.497 e. The van der Waals surface area contributed by atoms with Gasteiger partial charge in [-0.05, 0) is 55.7 Å². The number of methoxy groups -OCH3 is 2. The van der Waals surface area contributed by atoms with Crippen molar-refractivity contribution in [1.82, 2.24) is 14.4 Å². The lowest BCUT2D eigenvalue weighted by molar-refractivity contribution is -0.133. The lowest BCUT2D eigenvalue weighted by atomic mass is 10.3. The zero-order valence-electron chi connectivity index (χ0n) is 18.5. The van der Waals surface area contributed by atoms with Gasteiger partial charge in [-0.1, -0.05) is 0 Å². The minimum atomic E-state index is -0.302. The summed E-state index contributed by atoms with van der Waals surface area (Å²) in [7, 11) is 5.20. The van der Waals surface area contributed by atoms with Crippen LogP contribution in [0.5, 0.6) is 5.75 Å². The summed E-state index contributed by atoms with van der Waals surface area (Å²) in [6.45, 7) is 1.55. The molecule has 1 aliphatic rings. The number of hydrogen-bond donors (Lipinski definition) is 1. The first-order chi connectivity index (χ1) is 15.0.